The average molecular weight is 204 g/mol. The molecular weight excluding hydrogens is 192 g/mol. The van der Waals surface area contributed by atoms with E-state index in [9.17, 15) is 0 Å². The van der Waals surface area contributed by atoms with E-state index in [4.69, 9.17) is 10.3 Å². The van der Waals surface area contributed by atoms with Crippen LogP contribution in [0.3, 0.4) is 0 Å². The molecule has 0 fully saturated rings. The van der Waals surface area contributed by atoms with Gasteiger partial charge in [-0.3, -0.25) is 4.98 Å². The Kier molecular flexibility index (Phi) is 2.53. The number of anilines is 2. The summed E-state index contributed by atoms with van der Waals surface area (Å²) in [6, 6.07) is 3.70. The zero-order chi connectivity index (χ0) is 10.7. The van der Waals surface area contributed by atoms with E-state index in [1.54, 1.807) is 12.4 Å². The zero-order valence-electron chi connectivity index (χ0n) is 8.40. The first-order chi connectivity index (χ1) is 7.25. The molecule has 2 aromatic heterocycles. The molecule has 0 atom stereocenters. The fraction of sp³-hybridized carbons (Fsp3) is 0.200. The Morgan fingerprint density at radius 2 is 2.40 bits per heavy atom. The largest absolute Gasteiger partial charge is 0.396 e. The maximum Gasteiger partial charge on any atom is 0.133 e. The molecule has 0 unspecified atom stereocenters. The van der Waals surface area contributed by atoms with Gasteiger partial charge in [0.15, 0.2) is 0 Å². The molecule has 0 bridgehead atoms. The van der Waals surface area contributed by atoms with Crippen LogP contribution in [-0.4, -0.2) is 10.1 Å². The van der Waals surface area contributed by atoms with E-state index in [1.165, 1.54) is 0 Å². The van der Waals surface area contributed by atoms with E-state index in [2.05, 4.69) is 15.5 Å². The van der Waals surface area contributed by atoms with Gasteiger partial charge < -0.3 is 15.6 Å². The monoisotopic (exact) mass is 204 g/mol. The normalized spacial score (nSPS) is 10.2. The Labute approximate surface area is 87.3 Å². The summed E-state index contributed by atoms with van der Waals surface area (Å²) >= 11 is 0. The lowest BCUT2D eigenvalue weighted by Gasteiger charge is -2.05. The van der Waals surface area contributed by atoms with Crippen LogP contribution < -0.4 is 11.1 Å². The molecule has 0 spiro atoms. The number of nitrogens with one attached hydrogen (secondary N) is 1. The minimum absolute atomic E-state index is 0.589. The number of aromatic nitrogens is 2. The van der Waals surface area contributed by atoms with E-state index < -0.39 is 0 Å². The van der Waals surface area contributed by atoms with Gasteiger partial charge >= 0.3 is 0 Å². The molecule has 5 nitrogen and oxygen atoms in total. The van der Waals surface area contributed by atoms with Crippen LogP contribution in [0.5, 0.6) is 0 Å². The highest BCUT2D eigenvalue weighted by Crippen LogP contribution is 2.16. The van der Waals surface area contributed by atoms with Crippen LogP contribution in [0.1, 0.15) is 11.5 Å². The Balaban J connectivity index is 2.02. The second kappa shape index (κ2) is 4.00. The molecule has 2 aromatic rings. The maximum atomic E-state index is 5.72. The summed E-state index contributed by atoms with van der Waals surface area (Å²) in [5.41, 5.74) is 8.05. The van der Waals surface area contributed by atoms with Gasteiger partial charge in [-0.1, -0.05) is 5.16 Å². The van der Waals surface area contributed by atoms with Gasteiger partial charge in [0.1, 0.15) is 11.5 Å². The molecule has 0 amide bonds. The minimum Gasteiger partial charge on any atom is -0.396 e. The minimum atomic E-state index is 0.589. The van der Waals surface area contributed by atoms with Gasteiger partial charge in [0, 0.05) is 12.3 Å². The van der Waals surface area contributed by atoms with E-state index in [0.29, 0.717) is 12.2 Å². The summed E-state index contributed by atoms with van der Waals surface area (Å²) in [6.07, 6.45) is 3.29. The van der Waals surface area contributed by atoms with Crippen molar-refractivity contribution < 1.29 is 4.52 Å². The number of nitrogen functional groups attached to an aromatic ring is 1. The molecule has 0 aliphatic rings. The molecular formula is C10H12N4O. The molecule has 0 aliphatic carbocycles. The maximum absolute atomic E-state index is 5.72. The molecule has 2 rings (SSSR count). The number of nitrogens with zero attached hydrogens (tertiary/aromatic N) is 2. The average Bonchev–Trinajstić information content (AvgIpc) is 2.63. The lowest BCUT2D eigenvalue weighted by Crippen LogP contribution is -2.02. The van der Waals surface area contributed by atoms with Crippen LogP contribution in [0.2, 0.25) is 0 Å². The molecule has 0 aromatic carbocycles. The molecule has 0 aliphatic heterocycles. The van der Waals surface area contributed by atoms with Crippen molar-refractivity contribution in [2.75, 3.05) is 11.1 Å². The van der Waals surface area contributed by atoms with Crippen molar-refractivity contribution in [3.63, 3.8) is 0 Å². The number of rotatable bonds is 3. The number of nitrogens with two attached hydrogens (primary N) is 1. The van der Waals surface area contributed by atoms with Crippen molar-refractivity contribution >= 4 is 11.4 Å². The molecule has 0 saturated carbocycles. The second-order valence-corrected chi connectivity index (χ2v) is 3.25. The number of hydrogen-bond donors (Lipinski definition) is 2. The lowest BCUT2D eigenvalue weighted by atomic mass is 10.3. The smallest absolute Gasteiger partial charge is 0.133 e. The summed E-state index contributed by atoms with van der Waals surface area (Å²) in [5.74, 6) is 0.800. The van der Waals surface area contributed by atoms with E-state index in [-0.39, 0.29) is 0 Å². The summed E-state index contributed by atoms with van der Waals surface area (Å²) in [7, 11) is 0. The standard InChI is InChI=1S/C10H12N4O/c1-7-4-8(14-15-7)5-13-10-2-3-12-6-9(10)11/h2-4,6H,5,11H2,1H3,(H,12,13). The quantitative estimate of drug-likeness (QED) is 0.793. The van der Waals surface area contributed by atoms with Gasteiger partial charge in [-0.15, -0.1) is 0 Å². The first-order valence-electron chi connectivity index (χ1n) is 4.61. The third-order valence-corrected chi connectivity index (χ3v) is 1.99. The highest BCUT2D eigenvalue weighted by molar-refractivity contribution is 5.64. The van der Waals surface area contributed by atoms with Crippen LogP contribution in [-0.2, 0) is 6.54 Å². The first kappa shape index (κ1) is 9.51. The molecule has 15 heavy (non-hydrogen) atoms. The lowest BCUT2D eigenvalue weighted by molar-refractivity contribution is 0.391. The van der Waals surface area contributed by atoms with Crippen LogP contribution >= 0.6 is 0 Å². The van der Waals surface area contributed by atoms with Gasteiger partial charge in [-0.2, -0.15) is 0 Å². The highest BCUT2D eigenvalue weighted by atomic mass is 16.5. The second-order valence-electron chi connectivity index (χ2n) is 3.25. The predicted octanol–water partition coefficient (Wildman–Crippen LogP) is 1.57. The molecule has 78 valence electrons. The van der Waals surface area contributed by atoms with Crippen molar-refractivity contribution in [2.45, 2.75) is 13.5 Å². The zero-order valence-corrected chi connectivity index (χ0v) is 8.40. The Hall–Kier alpha value is -2.04. The van der Waals surface area contributed by atoms with Crippen molar-refractivity contribution in [1.82, 2.24) is 10.1 Å². The third kappa shape index (κ3) is 2.25. The predicted molar refractivity (Wildman–Crippen MR) is 57.2 cm³/mol. The highest BCUT2D eigenvalue weighted by Gasteiger charge is 2.01. The number of aryl methyl sites for hydroxylation is 1. The summed E-state index contributed by atoms with van der Waals surface area (Å²) in [5, 5.41) is 7.02. The Bertz CT molecular complexity index is 452. The molecule has 3 N–H and O–H groups in total. The fourth-order valence-electron chi connectivity index (χ4n) is 1.25. The van der Waals surface area contributed by atoms with Crippen molar-refractivity contribution in [2.24, 2.45) is 0 Å². The topological polar surface area (TPSA) is 77.0 Å². The van der Waals surface area contributed by atoms with E-state index >= 15 is 0 Å². The summed E-state index contributed by atoms with van der Waals surface area (Å²) in [4.78, 5) is 3.90. The third-order valence-electron chi connectivity index (χ3n) is 1.99. The fourth-order valence-corrected chi connectivity index (χ4v) is 1.25. The Morgan fingerprint density at radius 3 is 3.07 bits per heavy atom. The number of pyridine rings is 1. The van der Waals surface area contributed by atoms with Gasteiger partial charge in [0.05, 0.1) is 24.1 Å². The van der Waals surface area contributed by atoms with Crippen LogP contribution in [0.15, 0.2) is 29.0 Å². The van der Waals surface area contributed by atoms with Crippen molar-refractivity contribution in [3.05, 3.63) is 36.0 Å². The van der Waals surface area contributed by atoms with Gasteiger partial charge in [-0.25, -0.2) is 0 Å². The van der Waals surface area contributed by atoms with E-state index in [1.807, 2.05) is 19.1 Å². The van der Waals surface area contributed by atoms with Gasteiger partial charge in [-0.05, 0) is 13.0 Å². The van der Waals surface area contributed by atoms with Crippen LogP contribution in [0, 0.1) is 6.92 Å². The van der Waals surface area contributed by atoms with Gasteiger partial charge in [0.2, 0.25) is 0 Å². The summed E-state index contributed by atoms with van der Waals surface area (Å²) < 4.78 is 4.95. The number of hydrogen-bond acceptors (Lipinski definition) is 5. The molecule has 0 saturated heterocycles. The molecule has 2 heterocycles. The molecule has 0 radical (unpaired) electrons. The van der Waals surface area contributed by atoms with Crippen molar-refractivity contribution in [3.8, 4) is 0 Å². The molecule has 5 heteroatoms. The van der Waals surface area contributed by atoms with Crippen LogP contribution in [0.25, 0.3) is 0 Å². The summed E-state index contributed by atoms with van der Waals surface area (Å²) in [6.45, 7) is 2.45. The SMILES string of the molecule is Cc1cc(CNc2ccncc2N)no1. The van der Waals surface area contributed by atoms with Crippen LogP contribution in [0.4, 0.5) is 11.4 Å². The first-order valence-corrected chi connectivity index (χ1v) is 4.61. The van der Waals surface area contributed by atoms with E-state index in [0.717, 1.165) is 17.1 Å². The van der Waals surface area contributed by atoms with Crippen molar-refractivity contribution in [1.29, 1.82) is 0 Å². The van der Waals surface area contributed by atoms with Gasteiger partial charge in [0.25, 0.3) is 0 Å². The Morgan fingerprint density at radius 1 is 1.53 bits per heavy atom.